The molecule has 1 amide bonds. The van der Waals surface area contributed by atoms with Gasteiger partial charge in [0.15, 0.2) is 0 Å². The zero-order chi connectivity index (χ0) is 25.1. The lowest BCUT2D eigenvalue weighted by molar-refractivity contribution is 0.157. The first-order valence-corrected chi connectivity index (χ1v) is 13.3. The molecule has 0 saturated heterocycles. The van der Waals surface area contributed by atoms with E-state index in [9.17, 15) is 21.6 Å². The van der Waals surface area contributed by atoms with Gasteiger partial charge in [0.05, 0.1) is 25.4 Å². The molecule has 0 spiro atoms. The molecule has 178 valence electrons. The van der Waals surface area contributed by atoms with Crippen LogP contribution in [-0.4, -0.2) is 28.0 Å². The Morgan fingerprint density at radius 3 is 1.76 bits per heavy atom. The van der Waals surface area contributed by atoms with Crippen molar-refractivity contribution >= 4 is 54.2 Å². The summed E-state index contributed by atoms with van der Waals surface area (Å²) in [6.07, 6.45) is -1.53. The highest BCUT2D eigenvalue weighted by atomic mass is 35.5. The average Bonchev–Trinajstić information content (AvgIpc) is 2.76. The van der Waals surface area contributed by atoms with Crippen molar-refractivity contribution in [3.05, 3.63) is 93.5 Å². The molecule has 3 rings (SSSR count). The van der Waals surface area contributed by atoms with E-state index in [0.29, 0.717) is 0 Å². The van der Waals surface area contributed by atoms with Crippen molar-refractivity contribution in [1.82, 2.24) is 4.72 Å². The van der Waals surface area contributed by atoms with Gasteiger partial charge in [-0.05, 0) is 50.2 Å². The number of nitrogens with zero attached hydrogens (tertiary/aromatic N) is 1. The molecule has 0 aliphatic heterocycles. The van der Waals surface area contributed by atoms with Crippen molar-refractivity contribution < 1.29 is 26.5 Å². The van der Waals surface area contributed by atoms with Gasteiger partial charge in [0, 0.05) is 0 Å². The van der Waals surface area contributed by atoms with Gasteiger partial charge < -0.3 is 0 Å². The molecule has 0 heterocycles. The van der Waals surface area contributed by atoms with Crippen molar-refractivity contribution in [3.63, 3.8) is 0 Å². The number of carbonyl (C=O) groups is 1. The zero-order valence-electron chi connectivity index (χ0n) is 17.8. The van der Waals surface area contributed by atoms with E-state index in [0.717, 1.165) is 11.1 Å². The molecule has 3 aromatic rings. The average molecular weight is 541 g/mol. The Labute approximate surface area is 207 Å². The van der Waals surface area contributed by atoms with Crippen molar-refractivity contribution in [3.8, 4) is 0 Å². The minimum absolute atomic E-state index is 0.0711. The van der Waals surface area contributed by atoms with Crippen LogP contribution < -0.4 is 4.72 Å². The maximum atomic E-state index is 13.3. The molecule has 0 unspecified atom stereocenters. The van der Waals surface area contributed by atoms with Crippen molar-refractivity contribution in [1.29, 1.82) is 0 Å². The van der Waals surface area contributed by atoms with Gasteiger partial charge in [-0.25, -0.2) is 26.4 Å². The first kappa shape index (κ1) is 25.7. The first-order chi connectivity index (χ1) is 15.9. The monoisotopic (exact) mass is 540 g/mol. The molecule has 0 bridgehead atoms. The Kier molecular flexibility index (Phi) is 7.67. The van der Waals surface area contributed by atoms with Crippen LogP contribution in [0.2, 0.25) is 10.0 Å². The number of rotatable bonds is 5. The smallest absolute Gasteiger partial charge is 0.296 e. The van der Waals surface area contributed by atoms with Crippen LogP contribution >= 0.6 is 23.2 Å². The van der Waals surface area contributed by atoms with Gasteiger partial charge in [-0.1, -0.05) is 69.8 Å². The number of oxime groups is 1. The Hall–Kier alpha value is -2.92. The summed E-state index contributed by atoms with van der Waals surface area (Å²) in [6, 6.07) is 15.8. The lowest BCUT2D eigenvalue weighted by atomic mass is 10.2. The summed E-state index contributed by atoms with van der Waals surface area (Å²) in [6.45, 7) is 3.54. The van der Waals surface area contributed by atoms with Gasteiger partial charge in [-0.15, -0.1) is 0 Å². The molecule has 12 heteroatoms. The Morgan fingerprint density at radius 2 is 1.26 bits per heavy atom. The fourth-order valence-electron chi connectivity index (χ4n) is 2.75. The van der Waals surface area contributed by atoms with E-state index in [2.05, 4.69) is 9.99 Å². The highest BCUT2D eigenvalue weighted by molar-refractivity contribution is 8.07. The fourth-order valence-corrected chi connectivity index (χ4v) is 5.65. The molecule has 0 aliphatic rings. The van der Waals surface area contributed by atoms with Crippen LogP contribution in [0.5, 0.6) is 0 Å². The molecular weight excluding hydrogens is 523 g/mol. The summed E-state index contributed by atoms with van der Waals surface area (Å²) in [4.78, 5) is 16.5. The van der Waals surface area contributed by atoms with E-state index >= 15 is 0 Å². The van der Waals surface area contributed by atoms with Crippen molar-refractivity contribution in [2.45, 2.75) is 23.6 Å². The lowest BCUT2D eigenvalue weighted by Crippen LogP contribution is -2.30. The largest absolute Gasteiger partial charge is 0.447 e. The van der Waals surface area contributed by atoms with Crippen molar-refractivity contribution in [2.75, 3.05) is 0 Å². The molecule has 1 N–H and O–H groups in total. The van der Waals surface area contributed by atoms with Gasteiger partial charge in [-0.2, -0.15) is 0 Å². The molecule has 3 aromatic carbocycles. The second-order valence-corrected chi connectivity index (χ2v) is 11.5. The summed E-state index contributed by atoms with van der Waals surface area (Å²) in [5.74, 6) is 0. The van der Waals surface area contributed by atoms with E-state index in [-0.39, 0.29) is 25.4 Å². The maximum absolute atomic E-state index is 13.3. The van der Waals surface area contributed by atoms with E-state index in [1.165, 1.54) is 42.5 Å². The topological polar surface area (TPSA) is 119 Å². The number of hydrogen-bond donors (Lipinski definition) is 1. The summed E-state index contributed by atoms with van der Waals surface area (Å²) < 4.78 is 53.1. The van der Waals surface area contributed by atoms with Crippen molar-refractivity contribution in [2.24, 2.45) is 5.16 Å². The second kappa shape index (κ2) is 10.1. The van der Waals surface area contributed by atoms with E-state index in [1.807, 2.05) is 0 Å². The molecule has 0 fully saturated rings. The number of carbonyl (C=O) groups excluding carboxylic acids is 1. The molecule has 0 saturated carbocycles. The third kappa shape index (κ3) is 5.76. The van der Waals surface area contributed by atoms with Crippen LogP contribution in [0.3, 0.4) is 0 Å². The highest BCUT2D eigenvalue weighted by Gasteiger charge is 2.30. The minimum Gasteiger partial charge on any atom is -0.296 e. The summed E-state index contributed by atoms with van der Waals surface area (Å²) in [7, 11) is -8.68. The first-order valence-electron chi connectivity index (χ1n) is 9.56. The minimum atomic E-state index is -4.39. The van der Waals surface area contributed by atoms with Crippen LogP contribution in [0.15, 0.2) is 81.7 Å². The second-order valence-electron chi connectivity index (χ2n) is 7.11. The van der Waals surface area contributed by atoms with E-state index in [4.69, 9.17) is 23.2 Å². The normalized spacial score (nSPS) is 12.3. The predicted molar refractivity (Wildman–Crippen MR) is 129 cm³/mol. The molecule has 0 radical (unpaired) electrons. The number of sulfone groups is 1. The molecule has 0 aliphatic carbocycles. The van der Waals surface area contributed by atoms with Crippen LogP contribution in [0, 0.1) is 13.8 Å². The number of hydrogen-bond acceptors (Lipinski definition) is 7. The van der Waals surface area contributed by atoms with Crippen LogP contribution in [0.1, 0.15) is 16.7 Å². The fraction of sp³-hybridized carbons (Fsp3) is 0.0909. The van der Waals surface area contributed by atoms with Gasteiger partial charge in [0.25, 0.3) is 10.0 Å². The molecule has 0 atom stereocenters. The number of halogens is 2. The Bertz CT molecular complexity index is 1450. The standard InChI is InChI=1S/C22H18Cl2N2O6S2/c1-14-6-10-16(11-7-14)33(28,29)21(20-18(23)4-3-5-19(20)24)25-32-22(27)26-34(30,31)17-12-8-15(2)9-13-17/h3-13H,1-2H3,(H,26,27)/b25-21+. The number of sulfonamides is 1. The number of amides is 1. The molecule has 34 heavy (non-hydrogen) atoms. The number of nitrogens with one attached hydrogen (secondary N) is 1. The molecule has 8 nitrogen and oxygen atoms in total. The maximum Gasteiger partial charge on any atom is 0.447 e. The van der Waals surface area contributed by atoms with Gasteiger partial charge in [-0.3, -0.25) is 4.84 Å². The van der Waals surface area contributed by atoms with Gasteiger partial charge in [0.1, 0.15) is 0 Å². The van der Waals surface area contributed by atoms with Crippen LogP contribution in [0.25, 0.3) is 0 Å². The summed E-state index contributed by atoms with van der Waals surface area (Å²) >= 11 is 12.4. The quantitative estimate of drug-likeness (QED) is 0.213. The SMILES string of the molecule is Cc1ccc(S(=O)(=O)NC(=O)O/N=C(\c2c(Cl)cccc2Cl)S(=O)(=O)c2ccc(C)cc2)cc1. The molecular formula is C22H18Cl2N2O6S2. The van der Waals surface area contributed by atoms with E-state index in [1.54, 1.807) is 42.8 Å². The van der Waals surface area contributed by atoms with Gasteiger partial charge >= 0.3 is 6.09 Å². The number of aryl methyl sites for hydroxylation is 2. The van der Waals surface area contributed by atoms with E-state index < -0.39 is 31.0 Å². The summed E-state index contributed by atoms with van der Waals surface area (Å²) in [5.41, 5.74) is 1.42. The third-order valence-corrected chi connectivity index (χ3v) is 8.16. The van der Waals surface area contributed by atoms with Crippen LogP contribution in [-0.2, 0) is 24.7 Å². The lowest BCUT2D eigenvalue weighted by Gasteiger charge is -2.12. The highest BCUT2D eigenvalue weighted by Crippen LogP contribution is 2.29. The molecule has 0 aromatic heterocycles. The Balaban J connectivity index is 2.00. The Morgan fingerprint density at radius 1 is 0.794 bits per heavy atom. The van der Waals surface area contributed by atoms with Crippen LogP contribution in [0.4, 0.5) is 4.79 Å². The predicted octanol–water partition coefficient (Wildman–Crippen LogP) is 4.86. The third-order valence-electron chi connectivity index (χ3n) is 4.52. The van der Waals surface area contributed by atoms with Gasteiger partial charge in [0.2, 0.25) is 14.9 Å². The summed E-state index contributed by atoms with van der Waals surface area (Å²) in [5, 5.41) is 2.55. The zero-order valence-corrected chi connectivity index (χ0v) is 21.0. The number of benzene rings is 3.